The van der Waals surface area contributed by atoms with Gasteiger partial charge in [-0.3, -0.25) is 9.78 Å². The van der Waals surface area contributed by atoms with E-state index >= 15 is 0 Å². The minimum atomic E-state index is -1.07. The first-order valence-electron chi connectivity index (χ1n) is 5.46. The Labute approximate surface area is 108 Å². The van der Waals surface area contributed by atoms with Gasteiger partial charge in [-0.2, -0.15) is 0 Å². The van der Waals surface area contributed by atoms with Crippen molar-refractivity contribution >= 4 is 17.3 Å². The molecule has 0 saturated heterocycles. The molecule has 2 aromatic rings. The lowest BCUT2D eigenvalue weighted by Crippen LogP contribution is -2.17. The number of carbonyl (C=O) groups is 1. The number of rotatable bonds is 2. The van der Waals surface area contributed by atoms with Gasteiger partial charge in [0.05, 0.1) is 5.69 Å². The van der Waals surface area contributed by atoms with Crippen LogP contribution in [0.4, 0.5) is 20.2 Å². The lowest BCUT2D eigenvalue weighted by Gasteiger charge is -2.10. The molecular formula is C13H11F2N3O. The Bertz CT molecular complexity index is 644. The minimum absolute atomic E-state index is 0.280. The van der Waals surface area contributed by atoms with Gasteiger partial charge in [-0.25, -0.2) is 8.78 Å². The lowest BCUT2D eigenvalue weighted by molar-refractivity contribution is 0.101. The number of aromatic nitrogens is 1. The van der Waals surface area contributed by atoms with E-state index in [-0.39, 0.29) is 5.69 Å². The number of hydrogen-bond acceptors (Lipinski definition) is 3. The number of nitrogens with zero attached hydrogens (tertiary/aromatic N) is 1. The standard InChI is InChI=1S/C13H11F2N3O/c1-7-6-17-5-4-10(7)18-13(19)11-8(14)2-3-9(16)12(11)15/h2-6H,16H2,1H3,(H,17,18,19). The zero-order valence-corrected chi connectivity index (χ0v) is 10.1. The van der Waals surface area contributed by atoms with Crippen LogP contribution < -0.4 is 11.1 Å². The Hall–Kier alpha value is -2.50. The number of benzene rings is 1. The number of nitrogens with two attached hydrogens (primary N) is 1. The summed E-state index contributed by atoms with van der Waals surface area (Å²) in [5.74, 6) is -2.92. The predicted octanol–water partition coefficient (Wildman–Crippen LogP) is 2.50. The van der Waals surface area contributed by atoms with Gasteiger partial charge in [-0.15, -0.1) is 0 Å². The summed E-state index contributed by atoms with van der Waals surface area (Å²) < 4.78 is 27.2. The SMILES string of the molecule is Cc1cnccc1NC(=O)c1c(F)ccc(N)c1F. The van der Waals surface area contributed by atoms with Crippen molar-refractivity contribution in [2.24, 2.45) is 0 Å². The molecule has 0 atom stereocenters. The number of carbonyl (C=O) groups excluding carboxylic acids is 1. The number of aryl methyl sites for hydroxylation is 1. The molecule has 1 aromatic heterocycles. The molecule has 1 aromatic carbocycles. The first-order chi connectivity index (χ1) is 9.00. The largest absolute Gasteiger partial charge is 0.396 e. The van der Waals surface area contributed by atoms with Crippen LogP contribution in [0.25, 0.3) is 0 Å². The van der Waals surface area contributed by atoms with Crippen molar-refractivity contribution in [2.45, 2.75) is 6.92 Å². The molecule has 0 aliphatic heterocycles. The summed E-state index contributed by atoms with van der Waals surface area (Å²) >= 11 is 0. The number of nitrogen functional groups attached to an aromatic ring is 1. The van der Waals surface area contributed by atoms with E-state index in [1.54, 1.807) is 6.92 Å². The van der Waals surface area contributed by atoms with E-state index in [0.717, 1.165) is 12.1 Å². The summed E-state index contributed by atoms with van der Waals surface area (Å²) in [6.07, 6.45) is 3.00. The third-order valence-corrected chi connectivity index (χ3v) is 2.62. The maximum atomic E-state index is 13.7. The summed E-state index contributed by atoms with van der Waals surface area (Å²) in [6, 6.07) is 3.56. The smallest absolute Gasteiger partial charge is 0.261 e. The molecule has 0 aliphatic carbocycles. The molecule has 98 valence electrons. The highest BCUT2D eigenvalue weighted by atomic mass is 19.1. The summed E-state index contributed by atoms with van der Waals surface area (Å²) in [4.78, 5) is 15.7. The van der Waals surface area contributed by atoms with Gasteiger partial charge in [0.25, 0.3) is 5.91 Å². The second-order valence-electron chi connectivity index (χ2n) is 3.97. The summed E-state index contributed by atoms with van der Waals surface area (Å²) in [5.41, 5.74) is 5.45. The van der Waals surface area contributed by atoms with Crippen molar-refractivity contribution in [3.8, 4) is 0 Å². The number of hydrogen-bond donors (Lipinski definition) is 2. The molecule has 0 spiro atoms. The van der Waals surface area contributed by atoms with Crippen LogP contribution in [0.2, 0.25) is 0 Å². The molecule has 0 radical (unpaired) electrons. The van der Waals surface area contributed by atoms with Crippen molar-refractivity contribution in [3.05, 3.63) is 53.4 Å². The first-order valence-corrected chi connectivity index (χ1v) is 5.46. The number of pyridine rings is 1. The Kier molecular flexibility index (Phi) is 3.41. The fourth-order valence-corrected chi connectivity index (χ4v) is 1.58. The number of anilines is 2. The lowest BCUT2D eigenvalue weighted by atomic mass is 10.1. The molecule has 0 unspecified atom stereocenters. The molecule has 1 amide bonds. The fraction of sp³-hybridized carbons (Fsp3) is 0.0769. The Morgan fingerprint density at radius 2 is 2.05 bits per heavy atom. The Balaban J connectivity index is 2.36. The van der Waals surface area contributed by atoms with E-state index in [4.69, 9.17) is 5.73 Å². The molecule has 2 rings (SSSR count). The summed E-state index contributed by atoms with van der Waals surface area (Å²) in [6.45, 7) is 1.72. The fourth-order valence-electron chi connectivity index (χ4n) is 1.58. The average molecular weight is 263 g/mol. The highest BCUT2D eigenvalue weighted by molar-refractivity contribution is 6.05. The van der Waals surface area contributed by atoms with Crippen molar-refractivity contribution in [1.82, 2.24) is 4.98 Å². The van der Waals surface area contributed by atoms with Crippen LogP contribution in [0.5, 0.6) is 0 Å². The molecule has 0 saturated carbocycles. The van der Waals surface area contributed by atoms with Gasteiger partial charge in [0.2, 0.25) is 0 Å². The van der Waals surface area contributed by atoms with Crippen LogP contribution in [0.15, 0.2) is 30.6 Å². The summed E-state index contributed by atoms with van der Waals surface area (Å²) in [5, 5.41) is 2.42. The second kappa shape index (κ2) is 5.01. The van der Waals surface area contributed by atoms with Crippen molar-refractivity contribution < 1.29 is 13.6 Å². The number of amides is 1. The van der Waals surface area contributed by atoms with Crippen molar-refractivity contribution in [3.63, 3.8) is 0 Å². The molecule has 6 heteroatoms. The Morgan fingerprint density at radius 3 is 2.74 bits per heavy atom. The average Bonchev–Trinajstić information content (AvgIpc) is 2.37. The van der Waals surface area contributed by atoms with Crippen LogP contribution in [-0.2, 0) is 0 Å². The van der Waals surface area contributed by atoms with Gasteiger partial charge in [0, 0.05) is 18.1 Å². The number of halogens is 2. The van der Waals surface area contributed by atoms with Crippen molar-refractivity contribution in [2.75, 3.05) is 11.1 Å². The molecule has 1 heterocycles. The highest BCUT2D eigenvalue weighted by Gasteiger charge is 2.20. The van der Waals surface area contributed by atoms with Gasteiger partial charge in [0.15, 0.2) is 5.82 Å². The quantitative estimate of drug-likeness (QED) is 0.818. The number of nitrogens with one attached hydrogen (secondary N) is 1. The predicted molar refractivity (Wildman–Crippen MR) is 67.7 cm³/mol. The molecule has 4 nitrogen and oxygen atoms in total. The van der Waals surface area contributed by atoms with Crippen LogP contribution in [0.3, 0.4) is 0 Å². The topological polar surface area (TPSA) is 68.0 Å². The van der Waals surface area contributed by atoms with Crippen molar-refractivity contribution in [1.29, 1.82) is 0 Å². The molecule has 19 heavy (non-hydrogen) atoms. The van der Waals surface area contributed by atoms with Gasteiger partial charge < -0.3 is 11.1 Å². The minimum Gasteiger partial charge on any atom is -0.396 e. The van der Waals surface area contributed by atoms with Crippen LogP contribution in [0.1, 0.15) is 15.9 Å². The third kappa shape index (κ3) is 2.52. The van der Waals surface area contributed by atoms with E-state index < -0.39 is 23.1 Å². The van der Waals surface area contributed by atoms with E-state index in [2.05, 4.69) is 10.3 Å². The monoisotopic (exact) mass is 263 g/mol. The normalized spacial score (nSPS) is 10.3. The third-order valence-electron chi connectivity index (χ3n) is 2.62. The molecule has 0 aliphatic rings. The van der Waals surface area contributed by atoms with Gasteiger partial charge in [0.1, 0.15) is 11.4 Å². The van der Waals surface area contributed by atoms with E-state index in [1.807, 2.05) is 0 Å². The maximum Gasteiger partial charge on any atom is 0.261 e. The van der Waals surface area contributed by atoms with E-state index in [0.29, 0.717) is 11.3 Å². The van der Waals surface area contributed by atoms with Gasteiger partial charge >= 0.3 is 0 Å². The maximum absolute atomic E-state index is 13.7. The first kappa shape index (κ1) is 12.9. The van der Waals surface area contributed by atoms with Gasteiger partial charge in [-0.1, -0.05) is 0 Å². The zero-order valence-electron chi connectivity index (χ0n) is 10.1. The summed E-state index contributed by atoms with van der Waals surface area (Å²) in [7, 11) is 0. The zero-order chi connectivity index (χ0) is 14.0. The Morgan fingerprint density at radius 1 is 1.32 bits per heavy atom. The molecule has 0 fully saturated rings. The van der Waals surface area contributed by atoms with E-state index in [1.165, 1.54) is 18.5 Å². The highest BCUT2D eigenvalue weighted by Crippen LogP contribution is 2.21. The molecule has 3 N–H and O–H groups in total. The molecule has 0 bridgehead atoms. The van der Waals surface area contributed by atoms with Gasteiger partial charge in [-0.05, 0) is 30.7 Å². The van der Waals surface area contributed by atoms with Crippen LogP contribution in [0, 0.1) is 18.6 Å². The van der Waals surface area contributed by atoms with Crippen LogP contribution in [-0.4, -0.2) is 10.9 Å². The van der Waals surface area contributed by atoms with E-state index in [9.17, 15) is 13.6 Å². The molecular weight excluding hydrogens is 252 g/mol. The van der Waals surface area contributed by atoms with Crippen LogP contribution >= 0.6 is 0 Å². The second-order valence-corrected chi connectivity index (χ2v) is 3.97.